The smallest absolute Gasteiger partial charge is 0.258 e. The molecule has 6 heteroatoms. The third-order valence-corrected chi connectivity index (χ3v) is 4.27. The van der Waals surface area contributed by atoms with Crippen LogP contribution in [0.3, 0.4) is 0 Å². The summed E-state index contributed by atoms with van der Waals surface area (Å²) in [6, 6.07) is 7.48. The van der Waals surface area contributed by atoms with Gasteiger partial charge in [0.1, 0.15) is 5.75 Å². The number of hydrogen-bond acceptors (Lipinski definition) is 5. The van der Waals surface area contributed by atoms with Gasteiger partial charge in [-0.3, -0.25) is 14.8 Å². The van der Waals surface area contributed by atoms with Crippen molar-refractivity contribution in [3.8, 4) is 5.75 Å². The van der Waals surface area contributed by atoms with E-state index in [1.165, 1.54) is 0 Å². The van der Waals surface area contributed by atoms with Crippen molar-refractivity contribution in [2.75, 3.05) is 20.3 Å². The van der Waals surface area contributed by atoms with Crippen LogP contribution in [0.1, 0.15) is 34.6 Å². The molecule has 1 unspecified atom stereocenters. The first-order valence-electron chi connectivity index (χ1n) is 8.49. The van der Waals surface area contributed by atoms with Gasteiger partial charge in [-0.1, -0.05) is 6.07 Å². The number of hydrogen-bond donors (Lipinski definition) is 0. The predicted octanol–water partition coefficient (Wildman–Crippen LogP) is 2.62. The summed E-state index contributed by atoms with van der Waals surface area (Å²) in [7, 11) is 1.55. The summed E-state index contributed by atoms with van der Waals surface area (Å²) in [5.74, 6) is 0.387. The average Bonchev–Trinajstić information content (AvgIpc) is 3.14. The normalized spacial score (nSPS) is 16.6. The molecule has 1 amide bonds. The molecule has 1 aliphatic rings. The van der Waals surface area contributed by atoms with Crippen molar-refractivity contribution in [2.24, 2.45) is 0 Å². The number of nitrogens with zero attached hydrogens (tertiary/aromatic N) is 3. The van der Waals surface area contributed by atoms with Crippen molar-refractivity contribution in [3.63, 3.8) is 0 Å². The lowest BCUT2D eigenvalue weighted by Crippen LogP contribution is -2.37. The Kier molecular flexibility index (Phi) is 5.60. The maximum absolute atomic E-state index is 13.2. The van der Waals surface area contributed by atoms with Crippen LogP contribution in [0.5, 0.6) is 5.75 Å². The van der Waals surface area contributed by atoms with E-state index in [4.69, 9.17) is 9.47 Å². The molecule has 3 rings (SSSR count). The Morgan fingerprint density at radius 3 is 2.96 bits per heavy atom. The monoisotopic (exact) mass is 341 g/mol. The molecule has 0 saturated carbocycles. The van der Waals surface area contributed by atoms with E-state index in [2.05, 4.69) is 9.97 Å². The van der Waals surface area contributed by atoms with Crippen molar-refractivity contribution in [1.82, 2.24) is 14.9 Å². The van der Waals surface area contributed by atoms with Crippen LogP contribution in [0, 0.1) is 6.92 Å². The highest BCUT2D eigenvalue weighted by molar-refractivity contribution is 5.97. The third-order valence-electron chi connectivity index (χ3n) is 4.27. The lowest BCUT2D eigenvalue weighted by Gasteiger charge is -2.26. The van der Waals surface area contributed by atoms with Crippen molar-refractivity contribution in [2.45, 2.75) is 32.4 Å². The number of carbonyl (C=O) groups excluding carboxylic acids is 1. The van der Waals surface area contributed by atoms with Gasteiger partial charge in [0, 0.05) is 25.0 Å². The van der Waals surface area contributed by atoms with Crippen molar-refractivity contribution < 1.29 is 14.3 Å². The van der Waals surface area contributed by atoms with E-state index in [-0.39, 0.29) is 12.0 Å². The van der Waals surface area contributed by atoms with Gasteiger partial charge in [0.15, 0.2) is 0 Å². The third kappa shape index (κ3) is 4.33. The number of aryl methyl sites for hydroxylation is 1. The molecule has 0 N–H and O–H groups in total. The molecule has 25 heavy (non-hydrogen) atoms. The van der Waals surface area contributed by atoms with Gasteiger partial charge in [-0.15, -0.1) is 0 Å². The predicted molar refractivity (Wildman–Crippen MR) is 93.5 cm³/mol. The van der Waals surface area contributed by atoms with Gasteiger partial charge >= 0.3 is 0 Å². The second kappa shape index (κ2) is 8.07. The zero-order valence-electron chi connectivity index (χ0n) is 14.6. The zero-order valence-corrected chi connectivity index (χ0v) is 14.6. The summed E-state index contributed by atoms with van der Waals surface area (Å²) in [6.45, 7) is 3.59. The largest absolute Gasteiger partial charge is 0.494 e. The van der Waals surface area contributed by atoms with E-state index in [1.54, 1.807) is 30.5 Å². The fraction of sp³-hybridized carbons (Fsp3) is 0.421. The summed E-state index contributed by atoms with van der Waals surface area (Å²) in [4.78, 5) is 23.5. The van der Waals surface area contributed by atoms with Gasteiger partial charge in [0.25, 0.3) is 5.91 Å². The van der Waals surface area contributed by atoms with Crippen molar-refractivity contribution >= 4 is 5.91 Å². The molecule has 1 fully saturated rings. The number of ether oxygens (including phenoxy) is 2. The van der Waals surface area contributed by atoms with Crippen LogP contribution in [-0.2, 0) is 11.3 Å². The Morgan fingerprint density at radius 1 is 1.40 bits per heavy atom. The van der Waals surface area contributed by atoms with Gasteiger partial charge < -0.3 is 14.4 Å². The number of carbonyl (C=O) groups is 1. The van der Waals surface area contributed by atoms with Gasteiger partial charge in [0.2, 0.25) is 0 Å². The molecule has 0 aromatic carbocycles. The average molecular weight is 341 g/mol. The zero-order chi connectivity index (χ0) is 17.6. The molecule has 0 aliphatic carbocycles. The van der Waals surface area contributed by atoms with E-state index in [9.17, 15) is 4.79 Å². The molecule has 0 radical (unpaired) electrons. The van der Waals surface area contributed by atoms with Crippen molar-refractivity contribution in [3.05, 3.63) is 53.6 Å². The summed E-state index contributed by atoms with van der Waals surface area (Å²) in [5, 5.41) is 0. The maximum atomic E-state index is 13.2. The molecule has 1 aliphatic heterocycles. The highest BCUT2D eigenvalue weighted by Crippen LogP contribution is 2.22. The van der Waals surface area contributed by atoms with Crippen LogP contribution in [0.2, 0.25) is 0 Å². The maximum Gasteiger partial charge on any atom is 0.258 e. The number of rotatable bonds is 6. The van der Waals surface area contributed by atoms with Gasteiger partial charge in [-0.2, -0.15) is 0 Å². The fourth-order valence-corrected chi connectivity index (χ4v) is 2.99. The number of pyridine rings is 2. The first-order valence-corrected chi connectivity index (χ1v) is 8.49. The standard InChI is InChI=1S/C19H23N3O3/c1-14-10-17(18(24-2)11-21-14)19(23)22(13-16-7-5-9-25-16)12-15-6-3-4-8-20-15/h3-4,6,8,10-11,16H,5,7,9,12-13H2,1-2H3. The van der Waals surface area contributed by atoms with Crippen LogP contribution in [0.15, 0.2) is 36.7 Å². The van der Waals surface area contributed by atoms with E-state index >= 15 is 0 Å². The van der Waals surface area contributed by atoms with E-state index in [1.807, 2.05) is 25.1 Å². The molecule has 2 aromatic heterocycles. The van der Waals surface area contributed by atoms with Gasteiger partial charge in [-0.25, -0.2) is 0 Å². The minimum Gasteiger partial charge on any atom is -0.494 e. The molecule has 1 saturated heterocycles. The molecule has 6 nitrogen and oxygen atoms in total. The van der Waals surface area contributed by atoms with Gasteiger partial charge in [0.05, 0.1) is 37.2 Å². The van der Waals surface area contributed by atoms with Crippen LogP contribution in [-0.4, -0.2) is 47.1 Å². The molecule has 0 bridgehead atoms. The van der Waals surface area contributed by atoms with E-state index in [0.717, 1.165) is 30.8 Å². The summed E-state index contributed by atoms with van der Waals surface area (Å²) in [5.41, 5.74) is 2.14. The molecular formula is C19H23N3O3. The first-order chi connectivity index (χ1) is 12.2. The van der Waals surface area contributed by atoms with Crippen LogP contribution in [0.25, 0.3) is 0 Å². The van der Waals surface area contributed by atoms with E-state index in [0.29, 0.717) is 24.4 Å². The highest BCUT2D eigenvalue weighted by atomic mass is 16.5. The molecule has 0 spiro atoms. The Labute approximate surface area is 147 Å². The Balaban J connectivity index is 1.86. The fourth-order valence-electron chi connectivity index (χ4n) is 2.99. The van der Waals surface area contributed by atoms with Crippen molar-refractivity contribution in [1.29, 1.82) is 0 Å². The molecule has 2 aromatic rings. The van der Waals surface area contributed by atoms with E-state index < -0.39 is 0 Å². The summed E-state index contributed by atoms with van der Waals surface area (Å²) < 4.78 is 11.1. The minimum absolute atomic E-state index is 0.0709. The number of amides is 1. The second-order valence-electron chi connectivity index (χ2n) is 6.17. The second-order valence-corrected chi connectivity index (χ2v) is 6.17. The first kappa shape index (κ1) is 17.4. The lowest BCUT2D eigenvalue weighted by atomic mass is 10.1. The van der Waals surface area contributed by atoms with Crippen LogP contribution >= 0.6 is 0 Å². The van der Waals surface area contributed by atoms with Crippen LogP contribution in [0.4, 0.5) is 0 Å². The summed E-state index contributed by atoms with van der Waals surface area (Å²) in [6.07, 6.45) is 5.41. The summed E-state index contributed by atoms with van der Waals surface area (Å²) >= 11 is 0. The highest BCUT2D eigenvalue weighted by Gasteiger charge is 2.26. The number of aromatic nitrogens is 2. The topological polar surface area (TPSA) is 64.5 Å². The molecular weight excluding hydrogens is 318 g/mol. The Bertz CT molecular complexity index is 715. The number of methoxy groups -OCH3 is 1. The molecule has 132 valence electrons. The lowest BCUT2D eigenvalue weighted by molar-refractivity contribution is 0.0502. The molecule has 1 atom stereocenters. The Morgan fingerprint density at radius 2 is 2.28 bits per heavy atom. The van der Waals surface area contributed by atoms with Gasteiger partial charge in [-0.05, 0) is 38.0 Å². The Hall–Kier alpha value is -2.47. The molecule has 3 heterocycles. The SMILES string of the molecule is COc1cnc(C)cc1C(=O)N(Cc1ccccn1)CC1CCCO1. The van der Waals surface area contributed by atoms with Crippen LogP contribution < -0.4 is 4.74 Å². The minimum atomic E-state index is -0.0940. The quantitative estimate of drug-likeness (QED) is 0.808.